The SMILES string of the molecule is CC(C)Oc1cccc(C2CCCC2=O)c1. The maximum atomic E-state index is 11.7. The second kappa shape index (κ2) is 4.69. The van der Waals surface area contributed by atoms with Crippen molar-refractivity contribution in [1.82, 2.24) is 0 Å². The van der Waals surface area contributed by atoms with E-state index >= 15 is 0 Å². The molecular formula is C14H18O2. The number of rotatable bonds is 3. The predicted molar refractivity (Wildman–Crippen MR) is 63.8 cm³/mol. The van der Waals surface area contributed by atoms with Gasteiger partial charge in [0, 0.05) is 12.3 Å². The molecule has 2 heteroatoms. The van der Waals surface area contributed by atoms with Gasteiger partial charge >= 0.3 is 0 Å². The van der Waals surface area contributed by atoms with Crippen LogP contribution in [0.5, 0.6) is 5.75 Å². The topological polar surface area (TPSA) is 26.3 Å². The van der Waals surface area contributed by atoms with Gasteiger partial charge in [-0.2, -0.15) is 0 Å². The number of benzene rings is 1. The monoisotopic (exact) mass is 218 g/mol. The lowest BCUT2D eigenvalue weighted by Crippen LogP contribution is -2.07. The maximum absolute atomic E-state index is 11.7. The predicted octanol–water partition coefficient (Wildman–Crippen LogP) is 3.31. The second-order valence-corrected chi connectivity index (χ2v) is 4.65. The molecule has 1 atom stereocenters. The highest BCUT2D eigenvalue weighted by molar-refractivity contribution is 5.87. The standard InChI is InChI=1S/C14H18O2/c1-10(2)16-12-6-3-5-11(9-12)13-7-4-8-14(13)15/h3,5-6,9-10,13H,4,7-8H2,1-2H3. The number of ketones is 1. The van der Waals surface area contributed by atoms with Crippen molar-refractivity contribution in [3.63, 3.8) is 0 Å². The Labute approximate surface area is 96.6 Å². The highest BCUT2D eigenvalue weighted by Crippen LogP contribution is 2.32. The molecule has 0 bridgehead atoms. The smallest absolute Gasteiger partial charge is 0.140 e. The van der Waals surface area contributed by atoms with Crippen molar-refractivity contribution in [2.75, 3.05) is 0 Å². The summed E-state index contributed by atoms with van der Waals surface area (Å²) in [6.07, 6.45) is 2.93. The summed E-state index contributed by atoms with van der Waals surface area (Å²) in [6.45, 7) is 4.01. The van der Waals surface area contributed by atoms with Gasteiger partial charge in [-0.1, -0.05) is 12.1 Å². The van der Waals surface area contributed by atoms with Gasteiger partial charge in [0.25, 0.3) is 0 Å². The molecule has 0 N–H and O–H groups in total. The molecular weight excluding hydrogens is 200 g/mol. The van der Waals surface area contributed by atoms with E-state index in [0.29, 0.717) is 5.78 Å². The summed E-state index contributed by atoms with van der Waals surface area (Å²) < 4.78 is 5.64. The normalized spacial score (nSPS) is 20.4. The van der Waals surface area contributed by atoms with Crippen molar-refractivity contribution < 1.29 is 9.53 Å². The van der Waals surface area contributed by atoms with E-state index in [1.54, 1.807) is 0 Å². The first-order valence-corrected chi connectivity index (χ1v) is 5.96. The number of carbonyl (C=O) groups excluding carboxylic acids is 1. The van der Waals surface area contributed by atoms with Gasteiger partial charge in [0.05, 0.1) is 6.10 Å². The maximum Gasteiger partial charge on any atom is 0.140 e. The zero-order valence-electron chi connectivity index (χ0n) is 9.90. The van der Waals surface area contributed by atoms with Crippen LogP contribution in [0.1, 0.15) is 44.6 Å². The van der Waals surface area contributed by atoms with Crippen molar-refractivity contribution in [2.45, 2.75) is 45.1 Å². The molecule has 0 saturated heterocycles. The Kier molecular flexibility index (Phi) is 3.28. The van der Waals surface area contributed by atoms with Crippen LogP contribution < -0.4 is 4.74 Å². The van der Waals surface area contributed by atoms with Gasteiger partial charge in [0.2, 0.25) is 0 Å². The summed E-state index contributed by atoms with van der Waals surface area (Å²) >= 11 is 0. The highest BCUT2D eigenvalue weighted by atomic mass is 16.5. The lowest BCUT2D eigenvalue weighted by Gasteiger charge is -2.13. The molecule has 0 radical (unpaired) electrons. The Balaban J connectivity index is 2.18. The third kappa shape index (κ3) is 2.43. The van der Waals surface area contributed by atoms with Gasteiger partial charge in [-0.15, -0.1) is 0 Å². The van der Waals surface area contributed by atoms with Gasteiger partial charge in [-0.25, -0.2) is 0 Å². The van der Waals surface area contributed by atoms with E-state index in [2.05, 4.69) is 0 Å². The van der Waals surface area contributed by atoms with Crippen LogP contribution in [0.2, 0.25) is 0 Å². The minimum absolute atomic E-state index is 0.107. The molecule has 1 fully saturated rings. The van der Waals surface area contributed by atoms with Crippen LogP contribution in [0.15, 0.2) is 24.3 Å². The van der Waals surface area contributed by atoms with Crippen LogP contribution in [0.3, 0.4) is 0 Å². The first-order valence-electron chi connectivity index (χ1n) is 5.96. The Bertz CT molecular complexity index is 382. The van der Waals surface area contributed by atoms with Gasteiger partial charge < -0.3 is 4.74 Å². The molecule has 16 heavy (non-hydrogen) atoms. The lowest BCUT2D eigenvalue weighted by molar-refractivity contribution is -0.118. The molecule has 2 rings (SSSR count). The number of carbonyl (C=O) groups is 1. The Hall–Kier alpha value is -1.31. The number of Topliss-reactive ketones (excluding diaryl/α,β-unsaturated/α-hetero) is 1. The summed E-state index contributed by atoms with van der Waals surface area (Å²) in [6, 6.07) is 7.95. The van der Waals surface area contributed by atoms with Crippen molar-refractivity contribution in [3.05, 3.63) is 29.8 Å². The number of hydrogen-bond donors (Lipinski definition) is 0. The van der Waals surface area contributed by atoms with E-state index < -0.39 is 0 Å². The fourth-order valence-corrected chi connectivity index (χ4v) is 2.24. The molecule has 0 aliphatic heterocycles. The van der Waals surface area contributed by atoms with Crippen LogP contribution in [-0.2, 0) is 4.79 Å². The largest absolute Gasteiger partial charge is 0.491 e. The summed E-state index contributed by atoms with van der Waals surface area (Å²) in [4.78, 5) is 11.7. The molecule has 1 aliphatic rings. The number of hydrogen-bond acceptors (Lipinski definition) is 2. The molecule has 2 nitrogen and oxygen atoms in total. The molecule has 86 valence electrons. The Morgan fingerprint density at radius 1 is 1.38 bits per heavy atom. The first kappa shape index (κ1) is 11.2. The minimum Gasteiger partial charge on any atom is -0.491 e. The summed E-state index contributed by atoms with van der Waals surface area (Å²) in [5, 5.41) is 0. The first-order chi connectivity index (χ1) is 7.66. The van der Waals surface area contributed by atoms with Crippen molar-refractivity contribution in [3.8, 4) is 5.75 Å². The Morgan fingerprint density at radius 3 is 2.81 bits per heavy atom. The van der Waals surface area contributed by atoms with E-state index in [1.165, 1.54) is 0 Å². The summed E-state index contributed by atoms with van der Waals surface area (Å²) in [7, 11) is 0. The minimum atomic E-state index is 0.107. The van der Waals surface area contributed by atoms with Crippen LogP contribution in [0, 0.1) is 0 Å². The van der Waals surface area contributed by atoms with E-state index in [9.17, 15) is 4.79 Å². The third-order valence-electron chi connectivity index (χ3n) is 2.94. The molecule has 0 heterocycles. The fraction of sp³-hybridized carbons (Fsp3) is 0.500. The van der Waals surface area contributed by atoms with Crippen LogP contribution in [0.4, 0.5) is 0 Å². The summed E-state index contributed by atoms with van der Waals surface area (Å²) in [5.74, 6) is 1.35. The van der Waals surface area contributed by atoms with Crippen molar-refractivity contribution in [2.24, 2.45) is 0 Å². The van der Waals surface area contributed by atoms with Gasteiger partial charge in [0.1, 0.15) is 11.5 Å². The average Bonchev–Trinajstić information content (AvgIpc) is 2.64. The highest BCUT2D eigenvalue weighted by Gasteiger charge is 2.25. The molecule has 1 unspecified atom stereocenters. The molecule has 0 amide bonds. The quantitative estimate of drug-likeness (QED) is 0.778. The van der Waals surface area contributed by atoms with Crippen LogP contribution in [-0.4, -0.2) is 11.9 Å². The van der Waals surface area contributed by atoms with Gasteiger partial charge in [0.15, 0.2) is 0 Å². The summed E-state index contributed by atoms with van der Waals surface area (Å²) in [5.41, 5.74) is 1.11. The molecule has 0 spiro atoms. The van der Waals surface area contributed by atoms with Gasteiger partial charge in [-0.3, -0.25) is 4.79 Å². The van der Waals surface area contributed by atoms with E-state index in [4.69, 9.17) is 4.74 Å². The lowest BCUT2D eigenvalue weighted by atomic mass is 9.97. The van der Waals surface area contributed by atoms with E-state index in [1.807, 2.05) is 38.1 Å². The number of ether oxygens (including phenoxy) is 1. The molecule has 1 aromatic rings. The molecule has 1 aliphatic carbocycles. The van der Waals surface area contributed by atoms with Crippen LogP contribution >= 0.6 is 0 Å². The van der Waals surface area contributed by atoms with Crippen molar-refractivity contribution in [1.29, 1.82) is 0 Å². The van der Waals surface area contributed by atoms with Crippen molar-refractivity contribution >= 4 is 5.78 Å². The molecule has 1 saturated carbocycles. The zero-order chi connectivity index (χ0) is 11.5. The average molecular weight is 218 g/mol. The molecule has 1 aromatic carbocycles. The van der Waals surface area contributed by atoms with E-state index in [0.717, 1.165) is 30.6 Å². The third-order valence-corrected chi connectivity index (χ3v) is 2.94. The van der Waals surface area contributed by atoms with E-state index in [-0.39, 0.29) is 12.0 Å². The van der Waals surface area contributed by atoms with Crippen LogP contribution in [0.25, 0.3) is 0 Å². The second-order valence-electron chi connectivity index (χ2n) is 4.65. The zero-order valence-corrected chi connectivity index (χ0v) is 9.90. The Morgan fingerprint density at radius 2 is 2.19 bits per heavy atom. The van der Waals surface area contributed by atoms with Gasteiger partial charge in [-0.05, 0) is 44.4 Å². The fourth-order valence-electron chi connectivity index (χ4n) is 2.24. The molecule has 0 aromatic heterocycles.